The number of hydrogen-bond acceptors (Lipinski definition) is 3. The van der Waals surface area contributed by atoms with Gasteiger partial charge in [0, 0.05) is 24.9 Å². The van der Waals surface area contributed by atoms with Gasteiger partial charge in [-0.05, 0) is 51.4 Å². The van der Waals surface area contributed by atoms with Crippen LogP contribution < -0.4 is 5.32 Å². The second-order valence-corrected chi connectivity index (χ2v) is 6.38. The molecule has 1 saturated heterocycles. The van der Waals surface area contributed by atoms with Crippen molar-refractivity contribution in [3.8, 4) is 0 Å². The molecule has 1 aliphatic heterocycles. The zero-order chi connectivity index (χ0) is 15.8. The van der Waals surface area contributed by atoms with E-state index in [2.05, 4.69) is 15.2 Å². The molecule has 1 aromatic rings. The Labute approximate surface area is 134 Å². The van der Waals surface area contributed by atoms with Crippen LogP contribution in [0.3, 0.4) is 0 Å². The van der Waals surface area contributed by atoms with Crippen molar-refractivity contribution in [2.75, 3.05) is 19.6 Å². The lowest BCUT2D eigenvalue weighted by Crippen LogP contribution is -2.33. The summed E-state index contributed by atoms with van der Waals surface area (Å²) in [4.78, 5) is 18.9. The fraction of sp³-hybridized carbons (Fsp3) is 0.667. The van der Waals surface area contributed by atoms with Gasteiger partial charge < -0.3 is 10.2 Å². The molecule has 4 nitrogen and oxygen atoms in total. The number of nitrogens with one attached hydrogen (secondary N) is 1. The fourth-order valence-electron chi connectivity index (χ4n) is 2.93. The average Bonchev–Trinajstić information content (AvgIpc) is 2.46. The maximum Gasteiger partial charge on any atom is 0.221 e. The molecule has 1 N–H and O–H groups in total. The van der Waals surface area contributed by atoms with Crippen LogP contribution in [0.5, 0.6) is 0 Å². The molecule has 22 heavy (non-hydrogen) atoms. The van der Waals surface area contributed by atoms with E-state index in [4.69, 9.17) is 0 Å². The van der Waals surface area contributed by atoms with Gasteiger partial charge in [0.15, 0.2) is 0 Å². The van der Waals surface area contributed by atoms with Crippen molar-refractivity contribution in [3.05, 3.63) is 29.6 Å². The number of aromatic nitrogens is 1. The summed E-state index contributed by atoms with van der Waals surface area (Å²) in [6.45, 7) is 7.15. The van der Waals surface area contributed by atoms with Crippen LogP contribution in [0.25, 0.3) is 0 Å². The number of carbonyl (C=O) groups is 1. The molecule has 2 rings (SSSR count). The topological polar surface area (TPSA) is 45.2 Å². The minimum atomic E-state index is 0.0212. The van der Waals surface area contributed by atoms with Crippen LogP contribution in [0.2, 0.25) is 0 Å². The number of rotatable bonds is 5. The first-order chi connectivity index (χ1) is 10.6. The predicted molar refractivity (Wildman–Crippen MR) is 89.7 cm³/mol. The van der Waals surface area contributed by atoms with E-state index in [0.717, 1.165) is 30.9 Å². The number of nitrogens with zero attached hydrogens (tertiary/aromatic N) is 2. The van der Waals surface area contributed by atoms with Gasteiger partial charge in [-0.3, -0.25) is 9.78 Å². The third-order valence-electron chi connectivity index (χ3n) is 4.42. The molecule has 1 aliphatic rings. The predicted octanol–water partition coefficient (Wildman–Crippen LogP) is 3.22. The summed E-state index contributed by atoms with van der Waals surface area (Å²) in [7, 11) is 0. The van der Waals surface area contributed by atoms with Crippen molar-refractivity contribution < 1.29 is 4.79 Å². The lowest BCUT2D eigenvalue weighted by molar-refractivity contribution is -0.122. The molecule has 4 heteroatoms. The largest absolute Gasteiger partial charge is 0.349 e. The molecule has 1 atom stereocenters. The first kappa shape index (κ1) is 16.9. The average molecular weight is 303 g/mol. The Kier molecular flexibility index (Phi) is 6.84. The molecule has 1 aromatic heterocycles. The molecule has 0 radical (unpaired) electrons. The van der Waals surface area contributed by atoms with Crippen molar-refractivity contribution in [2.24, 2.45) is 0 Å². The number of hydrogen-bond donors (Lipinski definition) is 1. The monoisotopic (exact) mass is 303 g/mol. The van der Waals surface area contributed by atoms with E-state index in [1.54, 1.807) is 0 Å². The van der Waals surface area contributed by atoms with Crippen LogP contribution in [-0.2, 0) is 4.79 Å². The summed E-state index contributed by atoms with van der Waals surface area (Å²) >= 11 is 0. The lowest BCUT2D eigenvalue weighted by atomic mass is 10.1. The van der Waals surface area contributed by atoms with Gasteiger partial charge in [0.1, 0.15) is 0 Å². The van der Waals surface area contributed by atoms with Crippen LogP contribution in [-0.4, -0.2) is 35.4 Å². The second-order valence-electron chi connectivity index (χ2n) is 6.38. The Hall–Kier alpha value is -1.42. The van der Waals surface area contributed by atoms with E-state index in [9.17, 15) is 4.79 Å². The van der Waals surface area contributed by atoms with Crippen molar-refractivity contribution in [3.63, 3.8) is 0 Å². The first-order valence-electron chi connectivity index (χ1n) is 8.59. The summed E-state index contributed by atoms with van der Waals surface area (Å²) in [5, 5.41) is 3.08. The van der Waals surface area contributed by atoms with Crippen LogP contribution >= 0.6 is 0 Å². The zero-order valence-electron chi connectivity index (χ0n) is 14.0. The Morgan fingerprint density at radius 3 is 2.55 bits per heavy atom. The van der Waals surface area contributed by atoms with E-state index in [1.807, 2.05) is 32.2 Å². The van der Waals surface area contributed by atoms with Crippen LogP contribution in [0.15, 0.2) is 18.3 Å². The highest BCUT2D eigenvalue weighted by Crippen LogP contribution is 2.12. The molecule has 1 amide bonds. The molecule has 0 unspecified atom stereocenters. The van der Waals surface area contributed by atoms with Gasteiger partial charge in [-0.1, -0.05) is 25.3 Å². The summed E-state index contributed by atoms with van der Waals surface area (Å²) in [6, 6.07) is 4.04. The van der Waals surface area contributed by atoms with Gasteiger partial charge in [0.05, 0.1) is 6.04 Å². The molecule has 0 bridgehead atoms. The van der Waals surface area contributed by atoms with E-state index in [0.29, 0.717) is 6.42 Å². The SMILES string of the molecule is Cc1ccc([C@H](C)NC(=O)CCN2CCCCCCC2)cn1. The third-order valence-corrected chi connectivity index (χ3v) is 4.42. The second kappa shape index (κ2) is 8.89. The fourth-order valence-corrected chi connectivity index (χ4v) is 2.93. The van der Waals surface area contributed by atoms with E-state index >= 15 is 0 Å². The van der Waals surface area contributed by atoms with Crippen molar-refractivity contribution >= 4 is 5.91 Å². The number of aryl methyl sites for hydroxylation is 1. The lowest BCUT2D eigenvalue weighted by Gasteiger charge is -2.24. The van der Waals surface area contributed by atoms with Gasteiger partial charge in [0.2, 0.25) is 5.91 Å². The smallest absolute Gasteiger partial charge is 0.221 e. The molecular weight excluding hydrogens is 274 g/mol. The number of likely N-dealkylation sites (tertiary alicyclic amines) is 1. The molecule has 0 aliphatic carbocycles. The van der Waals surface area contributed by atoms with Gasteiger partial charge in [0.25, 0.3) is 0 Å². The quantitative estimate of drug-likeness (QED) is 0.908. The summed E-state index contributed by atoms with van der Waals surface area (Å²) in [5.74, 6) is 0.134. The summed E-state index contributed by atoms with van der Waals surface area (Å²) in [5.41, 5.74) is 2.06. The van der Waals surface area contributed by atoms with Gasteiger partial charge in [-0.15, -0.1) is 0 Å². The Morgan fingerprint density at radius 1 is 1.23 bits per heavy atom. The maximum atomic E-state index is 12.1. The highest BCUT2D eigenvalue weighted by Gasteiger charge is 2.13. The minimum absolute atomic E-state index is 0.0212. The first-order valence-corrected chi connectivity index (χ1v) is 8.59. The maximum absolute atomic E-state index is 12.1. The van der Waals surface area contributed by atoms with Gasteiger partial charge in [-0.2, -0.15) is 0 Å². The number of amides is 1. The molecule has 0 saturated carbocycles. The number of pyridine rings is 1. The normalized spacial score (nSPS) is 18.3. The van der Waals surface area contributed by atoms with E-state index < -0.39 is 0 Å². The molecular formula is C18H29N3O. The standard InChI is InChI=1S/C18H29N3O/c1-15-8-9-17(14-19-15)16(2)20-18(22)10-13-21-11-6-4-3-5-7-12-21/h8-9,14,16H,3-7,10-13H2,1-2H3,(H,20,22)/t16-/m0/s1. The Balaban J connectivity index is 1.73. The van der Waals surface area contributed by atoms with Crippen LogP contribution in [0.4, 0.5) is 0 Å². The molecule has 2 heterocycles. The summed E-state index contributed by atoms with van der Waals surface area (Å²) < 4.78 is 0. The van der Waals surface area contributed by atoms with E-state index in [1.165, 1.54) is 32.1 Å². The molecule has 122 valence electrons. The molecule has 0 spiro atoms. The highest BCUT2D eigenvalue weighted by atomic mass is 16.1. The zero-order valence-corrected chi connectivity index (χ0v) is 14.0. The van der Waals surface area contributed by atoms with Crippen LogP contribution in [0, 0.1) is 6.92 Å². The van der Waals surface area contributed by atoms with Crippen molar-refractivity contribution in [2.45, 2.75) is 58.4 Å². The van der Waals surface area contributed by atoms with Crippen molar-refractivity contribution in [1.82, 2.24) is 15.2 Å². The van der Waals surface area contributed by atoms with Crippen molar-refractivity contribution in [1.29, 1.82) is 0 Å². The van der Waals surface area contributed by atoms with E-state index in [-0.39, 0.29) is 11.9 Å². The molecule has 1 fully saturated rings. The highest BCUT2D eigenvalue weighted by molar-refractivity contribution is 5.76. The van der Waals surface area contributed by atoms with Gasteiger partial charge >= 0.3 is 0 Å². The molecule has 0 aromatic carbocycles. The summed E-state index contributed by atoms with van der Waals surface area (Å²) in [6.07, 6.45) is 9.01. The van der Waals surface area contributed by atoms with Gasteiger partial charge in [-0.25, -0.2) is 0 Å². The Bertz CT molecular complexity index is 450. The Morgan fingerprint density at radius 2 is 1.91 bits per heavy atom. The van der Waals surface area contributed by atoms with Crippen LogP contribution in [0.1, 0.15) is 62.7 Å². The number of carbonyl (C=O) groups excluding carboxylic acids is 1. The third kappa shape index (κ3) is 5.76. The minimum Gasteiger partial charge on any atom is -0.349 e.